The van der Waals surface area contributed by atoms with E-state index in [0.717, 1.165) is 49.6 Å². The molecule has 16 heteroatoms. The van der Waals surface area contributed by atoms with Crippen molar-refractivity contribution in [3.63, 3.8) is 0 Å². The zero-order valence-corrected chi connectivity index (χ0v) is 20.8. The van der Waals surface area contributed by atoms with Crippen molar-refractivity contribution in [1.29, 1.82) is 0 Å². The minimum atomic E-state index is -5.08. The Morgan fingerprint density at radius 2 is 1.62 bits per heavy atom. The van der Waals surface area contributed by atoms with Gasteiger partial charge in [-0.2, -0.15) is 26.3 Å². The molecule has 4 rings (SSSR count). The van der Waals surface area contributed by atoms with Crippen molar-refractivity contribution < 1.29 is 60.1 Å². The van der Waals surface area contributed by atoms with Gasteiger partial charge < -0.3 is 24.2 Å². The average Bonchev–Trinajstić information content (AvgIpc) is 3.42. The van der Waals surface area contributed by atoms with Crippen molar-refractivity contribution in [3.05, 3.63) is 47.1 Å². The van der Waals surface area contributed by atoms with Crippen molar-refractivity contribution >= 4 is 11.9 Å². The van der Waals surface area contributed by atoms with Crippen LogP contribution in [0.1, 0.15) is 35.4 Å². The van der Waals surface area contributed by atoms with Gasteiger partial charge in [0.2, 0.25) is 0 Å². The van der Waals surface area contributed by atoms with E-state index in [1.807, 2.05) is 26.0 Å². The second-order valence-corrected chi connectivity index (χ2v) is 8.56. The molecule has 2 aliphatic rings. The number of ether oxygens (including phenoxy) is 2. The number of carboxylic acids is 2. The third-order valence-corrected chi connectivity index (χ3v) is 5.89. The molecule has 3 heterocycles. The summed E-state index contributed by atoms with van der Waals surface area (Å²) in [6, 6.07) is 4.40. The third-order valence-electron chi connectivity index (χ3n) is 5.89. The van der Waals surface area contributed by atoms with Gasteiger partial charge in [0.1, 0.15) is 5.76 Å². The number of pyridine rings is 1. The van der Waals surface area contributed by atoms with Crippen LogP contribution < -0.4 is 0 Å². The molecule has 0 bridgehead atoms. The summed E-state index contributed by atoms with van der Waals surface area (Å²) in [6.45, 7) is 7.19. The fourth-order valence-electron chi connectivity index (χ4n) is 3.98. The molecule has 1 aliphatic carbocycles. The van der Waals surface area contributed by atoms with E-state index in [1.165, 1.54) is 5.56 Å². The molecule has 2 fully saturated rings. The zero-order valence-electron chi connectivity index (χ0n) is 20.8. The minimum absolute atomic E-state index is 0.149. The number of hydrogen-bond acceptors (Lipinski definition) is 8. The topological polar surface area (TPSA) is 135 Å². The van der Waals surface area contributed by atoms with Gasteiger partial charge in [-0.05, 0) is 44.4 Å². The first kappa shape index (κ1) is 32.0. The van der Waals surface area contributed by atoms with Crippen LogP contribution in [-0.4, -0.2) is 80.9 Å². The lowest BCUT2D eigenvalue weighted by Crippen LogP contribution is -2.51. The zero-order chi connectivity index (χ0) is 29.4. The van der Waals surface area contributed by atoms with Crippen LogP contribution in [0.3, 0.4) is 0 Å². The van der Waals surface area contributed by atoms with Crippen molar-refractivity contribution in [2.75, 3.05) is 13.2 Å². The van der Waals surface area contributed by atoms with Gasteiger partial charge >= 0.3 is 24.3 Å². The first-order valence-electron chi connectivity index (χ1n) is 11.5. The number of carbonyl (C=O) groups is 2. The van der Waals surface area contributed by atoms with E-state index < -0.39 is 24.3 Å². The molecule has 10 nitrogen and oxygen atoms in total. The number of carboxylic acid groups (broad SMARTS) is 2. The van der Waals surface area contributed by atoms with Gasteiger partial charge in [-0.1, -0.05) is 5.16 Å². The van der Waals surface area contributed by atoms with E-state index in [1.54, 1.807) is 12.4 Å². The summed E-state index contributed by atoms with van der Waals surface area (Å²) < 4.78 is 81.1. The number of fused-ring (bicyclic) bond motifs is 1. The molecule has 0 amide bonds. The Morgan fingerprint density at radius 1 is 1.05 bits per heavy atom. The maximum atomic E-state index is 10.6. The molecule has 2 aromatic rings. The standard InChI is InChI=1S/C19H25N3O3.2C2HF3O2/c1-13-16(14(2)25-21-13)11-22-9-10-23-19-17(22)3-4-18(19)24-12-15-5-7-20-8-6-15;2*3-2(4,5)1(6)7/h5-8,17-19H,3-4,9-12H2,1-2H3;2*(H,6,7)/t17-,18-,19+;;/m0../s1. The first-order valence-corrected chi connectivity index (χ1v) is 11.5. The number of hydrogen-bond donors (Lipinski definition) is 2. The lowest BCUT2D eigenvalue weighted by atomic mass is 10.1. The second kappa shape index (κ2) is 13.7. The number of rotatable bonds is 5. The van der Waals surface area contributed by atoms with Crippen LogP contribution in [0, 0.1) is 13.8 Å². The second-order valence-electron chi connectivity index (χ2n) is 8.56. The molecule has 0 aromatic carbocycles. The molecular weight excluding hydrogens is 544 g/mol. The summed E-state index contributed by atoms with van der Waals surface area (Å²) in [4.78, 5) is 24.4. The van der Waals surface area contributed by atoms with E-state index in [9.17, 15) is 26.3 Å². The number of alkyl halides is 6. The van der Waals surface area contributed by atoms with Crippen molar-refractivity contribution in [2.24, 2.45) is 0 Å². The Hall–Kier alpha value is -3.24. The van der Waals surface area contributed by atoms with Gasteiger partial charge in [-0.25, -0.2) is 9.59 Å². The van der Waals surface area contributed by atoms with Crippen LogP contribution in [-0.2, 0) is 32.2 Å². The predicted octanol–water partition coefficient (Wildman–Crippen LogP) is 3.90. The number of aliphatic carboxylic acids is 2. The number of halogens is 6. The van der Waals surface area contributed by atoms with Gasteiger partial charge in [0.15, 0.2) is 0 Å². The smallest absolute Gasteiger partial charge is 0.475 e. The Bertz CT molecular complexity index is 1030. The fourth-order valence-corrected chi connectivity index (χ4v) is 3.98. The first-order chi connectivity index (χ1) is 18.1. The molecule has 218 valence electrons. The monoisotopic (exact) mass is 571 g/mol. The largest absolute Gasteiger partial charge is 0.490 e. The molecule has 1 aliphatic heterocycles. The van der Waals surface area contributed by atoms with Crippen LogP contribution in [0.5, 0.6) is 0 Å². The highest BCUT2D eigenvalue weighted by molar-refractivity contribution is 5.73. The van der Waals surface area contributed by atoms with Crippen LogP contribution in [0.15, 0.2) is 29.0 Å². The Labute approximate surface area is 218 Å². The third kappa shape index (κ3) is 9.78. The molecule has 1 saturated heterocycles. The van der Waals surface area contributed by atoms with E-state index >= 15 is 0 Å². The molecule has 0 unspecified atom stereocenters. The normalized spacial score (nSPS) is 21.2. The maximum absolute atomic E-state index is 10.6. The van der Waals surface area contributed by atoms with Gasteiger partial charge in [0, 0.05) is 37.1 Å². The SMILES string of the molecule is Cc1noc(C)c1CN1CCO[C@H]2[C@@H](OCc3ccncc3)CC[C@@H]21.O=C(O)C(F)(F)F.O=C(O)C(F)(F)F. The number of aromatic nitrogens is 2. The Morgan fingerprint density at radius 3 is 2.10 bits per heavy atom. The molecule has 2 N–H and O–H groups in total. The summed E-state index contributed by atoms with van der Waals surface area (Å²) >= 11 is 0. The molecule has 0 radical (unpaired) electrons. The molecule has 3 atom stereocenters. The summed E-state index contributed by atoms with van der Waals surface area (Å²) in [7, 11) is 0. The number of nitrogens with zero attached hydrogens (tertiary/aromatic N) is 3. The summed E-state index contributed by atoms with van der Waals surface area (Å²) in [5.41, 5.74) is 3.35. The summed E-state index contributed by atoms with van der Waals surface area (Å²) in [5, 5.41) is 18.3. The van der Waals surface area contributed by atoms with Crippen LogP contribution >= 0.6 is 0 Å². The molecule has 1 saturated carbocycles. The summed E-state index contributed by atoms with van der Waals surface area (Å²) in [5.74, 6) is -4.59. The van der Waals surface area contributed by atoms with E-state index in [4.69, 9.17) is 33.8 Å². The lowest BCUT2D eigenvalue weighted by molar-refractivity contribution is -0.193. The van der Waals surface area contributed by atoms with Gasteiger partial charge in [0.25, 0.3) is 0 Å². The van der Waals surface area contributed by atoms with Gasteiger partial charge in [-0.3, -0.25) is 9.88 Å². The van der Waals surface area contributed by atoms with Crippen LogP contribution in [0.25, 0.3) is 0 Å². The van der Waals surface area contributed by atoms with E-state index in [-0.39, 0.29) is 12.2 Å². The summed E-state index contributed by atoms with van der Waals surface area (Å²) in [6.07, 6.45) is -4.10. The quantitative estimate of drug-likeness (QED) is 0.509. The molecule has 0 spiro atoms. The van der Waals surface area contributed by atoms with E-state index in [0.29, 0.717) is 12.6 Å². The van der Waals surface area contributed by atoms with Crippen molar-refractivity contribution in [2.45, 2.75) is 70.4 Å². The molecular formula is C23H27F6N3O7. The number of morpholine rings is 1. The molecule has 2 aromatic heterocycles. The predicted molar refractivity (Wildman–Crippen MR) is 119 cm³/mol. The maximum Gasteiger partial charge on any atom is 0.490 e. The van der Waals surface area contributed by atoms with E-state index in [2.05, 4.69) is 15.0 Å². The van der Waals surface area contributed by atoms with Gasteiger partial charge in [-0.15, -0.1) is 0 Å². The highest BCUT2D eigenvalue weighted by Gasteiger charge is 2.43. The molecule has 39 heavy (non-hydrogen) atoms. The fraction of sp³-hybridized carbons (Fsp3) is 0.565. The Kier molecular flexibility index (Phi) is 11.2. The highest BCUT2D eigenvalue weighted by atomic mass is 19.4. The average molecular weight is 571 g/mol. The van der Waals surface area contributed by atoms with Crippen molar-refractivity contribution in [3.8, 4) is 0 Å². The van der Waals surface area contributed by atoms with Crippen molar-refractivity contribution in [1.82, 2.24) is 15.0 Å². The van der Waals surface area contributed by atoms with Gasteiger partial charge in [0.05, 0.1) is 31.1 Å². The highest BCUT2D eigenvalue weighted by Crippen LogP contribution is 2.34. The number of aryl methyl sites for hydroxylation is 2. The van der Waals surface area contributed by atoms with Crippen LogP contribution in [0.4, 0.5) is 26.3 Å². The Balaban J connectivity index is 0.000000317. The minimum Gasteiger partial charge on any atom is -0.475 e. The van der Waals surface area contributed by atoms with Crippen LogP contribution in [0.2, 0.25) is 0 Å². The lowest BCUT2D eigenvalue weighted by Gasteiger charge is -2.39.